The SMILES string of the molecule is COC(=O)[C@@H]1Cc2ccccc2[C@@H]1O. The number of methoxy groups -OCH3 is 1. The molecule has 0 radical (unpaired) electrons. The monoisotopic (exact) mass is 192 g/mol. The molecular formula is C11H12O3. The highest BCUT2D eigenvalue weighted by Gasteiger charge is 2.36. The maximum Gasteiger partial charge on any atom is 0.311 e. The Bertz CT molecular complexity index is 359. The van der Waals surface area contributed by atoms with Crippen LogP contribution in [0.5, 0.6) is 0 Å². The number of carbonyl (C=O) groups excluding carboxylic acids is 1. The number of carbonyl (C=O) groups is 1. The molecule has 14 heavy (non-hydrogen) atoms. The molecule has 0 aromatic heterocycles. The van der Waals surface area contributed by atoms with Crippen molar-refractivity contribution in [3.05, 3.63) is 35.4 Å². The molecule has 0 saturated heterocycles. The molecule has 2 atom stereocenters. The molecule has 0 amide bonds. The van der Waals surface area contributed by atoms with Crippen LogP contribution in [0.4, 0.5) is 0 Å². The van der Waals surface area contributed by atoms with E-state index >= 15 is 0 Å². The topological polar surface area (TPSA) is 46.5 Å². The molecule has 0 bridgehead atoms. The maximum atomic E-state index is 11.3. The Morgan fingerprint density at radius 1 is 1.50 bits per heavy atom. The fourth-order valence-corrected chi connectivity index (χ4v) is 1.94. The van der Waals surface area contributed by atoms with E-state index in [-0.39, 0.29) is 5.97 Å². The lowest BCUT2D eigenvalue weighted by atomic mass is 10.0. The third kappa shape index (κ3) is 1.30. The van der Waals surface area contributed by atoms with Crippen LogP contribution in [0, 0.1) is 5.92 Å². The van der Waals surface area contributed by atoms with E-state index in [1.54, 1.807) is 0 Å². The molecule has 1 aliphatic carbocycles. The summed E-state index contributed by atoms with van der Waals surface area (Å²) in [6, 6.07) is 7.55. The molecule has 1 aromatic rings. The van der Waals surface area contributed by atoms with Crippen molar-refractivity contribution >= 4 is 5.97 Å². The Labute approximate surface area is 82.3 Å². The molecule has 0 unspecified atom stereocenters. The highest BCUT2D eigenvalue weighted by atomic mass is 16.5. The van der Waals surface area contributed by atoms with Crippen LogP contribution in [0.15, 0.2) is 24.3 Å². The van der Waals surface area contributed by atoms with E-state index in [4.69, 9.17) is 0 Å². The van der Waals surface area contributed by atoms with Crippen LogP contribution in [0.25, 0.3) is 0 Å². The third-order valence-corrected chi connectivity index (χ3v) is 2.70. The highest BCUT2D eigenvalue weighted by molar-refractivity contribution is 5.75. The molecule has 2 rings (SSSR count). The first-order chi connectivity index (χ1) is 6.74. The van der Waals surface area contributed by atoms with Crippen LogP contribution in [-0.2, 0) is 16.0 Å². The number of esters is 1. The van der Waals surface area contributed by atoms with E-state index in [9.17, 15) is 9.90 Å². The number of ether oxygens (including phenoxy) is 1. The first-order valence-corrected chi connectivity index (χ1v) is 4.57. The second kappa shape index (κ2) is 3.42. The van der Waals surface area contributed by atoms with Crippen molar-refractivity contribution in [2.45, 2.75) is 12.5 Å². The lowest BCUT2D eigenvalue weighted by Gasteiger charge is -2.11. The van der Waals surface area contributed by atoms with Gasteiger partial charge < -0.3 is 9.84 Å². The summed E-state index contributed by atoms with van der Waals surface area (Å²) in [6.45, 7) is 0. The minimum atomic E-state index is -0.710. The van der Waals surface area contributed by atoms with Gasteiger partial charge in [0.15, 0.2) is 0 Å². The zero-order valence-corrected chi connectivity index (χ0v) is 7.93. The van der Waals surface area contributed by atoms with Crippen molar-refractivity contribution in [2.75, 3.05) is 7.11 Å². The van der Waals surface area contributed by atoms with Gasteiger partial charge in [-0.15, -0.1) is 0 Å². The third-order valence-electron chi connectivity index (χ3n) is 2.70. The van der Waals surface area contributed by atoms with Crippen molar-refractivity contribution in [1.82, 2.24) is 0 Å². The summed E-state index contributed by atoms with van der Waals surface area (Å²) in [5.74, 6) is -0.772. The fraction of sp³-hybridized carbons (Fsp3) is 0.364. The number of hydrogen-bond donors (Lipinski definition) is 1. The summed E-state index contributed by atoms with van der Waals surface area (Å²) in [5, 5.41) is 9.84. The van der Waals surface area contributed by atoms with E-state index in [1.165, 1.54) is 7.11 Å². The normalized spacial score (nSPS) is 24.4. The van der Waals surface area contributed by atoms with Crippen LogP contribution >= 0.6 is 0 Å². The van der Waals surface area contributed by atoms with E-state index < -0.39 is 12.0 Å². The molecule has 0 saturated carbocycles. The molecule has 1 N–H and O–H groups in total. The summed E-state index contributed by atoms with van der Waals surface area (Å²) >= 11 is 0. The van der Waals surface area contributed by atoms with Gasteiger partial charge in [0, 0.05) is 0 Å². The first kappa shape index (κ1) is 9.21. The van der Waals surface area contributed by atoms with E-state index in [0.717, 1.165) is 11.1 Å². The van der Waals surface area contributed by atoms with Crippen LogP contribution in [-0.4, -0.2) is 18.2 Å². The van der Waals surface area contributed by atoms with Gasteiger partial charge in [-0.05, 0) is 17.5 Å². The van der Waals surface area contributed by atoms with Crippen molar-refractivity contribution in [3.8, 4) is 0 Å². The Balaban J connectivity index is 2.30. The van der Waals surface area contributed by atoms with Gasteiger partial charge in [-0.1, -0.05) is 24.3 Å². The molecule has 1 aromatic carbocycles. The van der Waals surface area contributed by atoms with Crippen molar-refractivity contribution < 1.29 is 14.6 Å². The lowest BCUT2D eigenvalue weighted by molar-refractivity contribution is -0.148. The number of benzene rings is 1. The van der Waals surface area contributed by atoms with Gasteiger partial charge in [-0.2, -0.15) is 0 Å². The maximum absolute atomic E-state index is 11.3. The van der Waals surface area contributed by atoms with Crippen molar-refractivity contribution in [1.29, 1.82) is 0 Å². The van der Waals surface area contributed by atoms with E-state index in [1.807, 2.05) is 24.3 Å². The molecule has 0 spiro atoms. The first-order valence-electron chi connectivity index (χ1n) is 4.57. The average Bonchev–Trinajstić information content (AvgIpc) is 2.56. The molecule has 74 valence electrons. The van der Waals surface area contributed by atoms with Gasteiger partial charge in [0.25, 0.3) is 0 Å². The Morgan fingerprint density at radius 2 is 2.21 bits per heavy atom. The van der Waals surface area contributed by atoms with E-state index in [0.29, 0.717) is 6.42 Å². The van der Waals surface area contributed by atoms with Crippen LogP contribution in [0.1, 0.15) is 17.2 Å². The average molecular weight is 192 g/mol. The minimum absolute atomic E-state index is 0.339. The van der Waals surface area contributed by atoms with Crippen LogP contribution < -0.4 is 0 Å². The molecular weight excluding hydrogens is 180 g/mol. The predicted molar refractivity (Wildman–Crippen MR) is 50.6 cm³/mol. The molecule has 3 heteroatoms. The molecule has 0 aliphatic heterocycles. The fourth-order valence-electron chi connectivity index (χ4n) is 1.94. The van der Waals surface area contributed by atoms with Gasteiger partial charge in [0.2, 0.25) is 0 Å². The largest absolute Gasteiger partial charge is 0.469 e. The highest BCUT2D eigenvalue weighted by Crippen LogP contribution is 2.36. The smallest absolute Gasteiger partial charge is 0.311 e. The van der Waals surface area contributed by atoms with Gasteiger partial charge >= 0.3 is 5.97 Å². The Morgan fingerprint density at radius 3 is 2.86 bits per heavy atom. The summed E-state index contributed by atoms with van der Waals surface area (Å²) in [4.78, 5) is 11.3. The minimum Gasteiger partial charge on any atom is -0.469 e. The molecule has 0 heterocycles. The van der Waals surface area contributed by atoms with Crippen molar-refractivity contribution in [2.24, 2.45) is 5.92 Å². The van der Waals surface area contributed by atoms with Crippen LogP contribution in [0.3, 0.4) is 0 Å². The molecule has 0 fully saturated rings. The molecule has 1 aliphatic rings. The second-order valence-corrected chi connectivity index (χ2v) is 3.48. The number of aliphatic hydroxyl groups is 1. The number of aliphatic hydroxyl groups excluding tert-OH is 1. The Hall–Kier alpha value is -1.35. The number of fused-ring (bicyclic) bond motifs is 1. The van der Waals surface area contributed by atoms with Gasteiger partial charge in [-0.3, -0.25) is 4.79 Å². The summed E-state index contributed by atoms with van der Waals surface area (Å²) in [5.41, 5.74) is 1.89. The molecule has 3 nitrogen and oxygen atoms in total. The Kier molecular flexibility index (Phi) is 2.25. The van der Waals surface area contributed by atoms with Crippen molar-refractivity contribution in [3.63, 3.8) is 0 Å². The summed E-state index contributed by atoms with van der Waals surface area (Å²) in [7, 11) is 1.35. The van der Waals surface area contributed by atoms with Crippen LogP contribution in [0.2, 0.25) is 0 Å². The quantitative estimate of drug-likeness (QED) is 0.677. The second-order valence-electron chi connectivity index (χ2n) is 3.48. The standard InChI is InChI=1S/C11H12O3/c1-14-11(13)9-6-7-4-2-3-5-8(7)10(9)12/h2-5,9-10,12H,6H2,1H3/t9-,10+/m1/s1. The van der Waals surface area contributed by atoms with Gasteiger partial charge in [0.05, 0.1) is 19.1 Å². The summed E-state index contributed by atoms with van der Waals surface area (Å²) < 4.78 is 4.64. The zero-order chi connectivity index (χ0) is 10.1. The number of hydrogen-bond acceptors (Lipinski definition) is 3. The summed E-state index contributed by atoms with van der Waals surface area (Å²) in [6.07, 6.45) is -0.136. The number of rotatable bonds is 1. The predicted octanol–water partition coefficient (Wildman–Crippen LogP) is 1.07. The lowest BCUT2D eigenvalue weighted by Crippen LogP contribution is -2.20. The van der Waals surface area contributed by atoms with Gasteiger partial charge in [0.1, 0.15) is 0 Å². The van der Waals surface area contributed by atoms with Gasteiger partial charge in [-0.25, -0.2) is 0 Å². The van der Waals surface area contributed by atoms with E-state index in [2.05, 4.69) is 4.74 Å². The zero-order valence-electron chi connectivity index (χ0n) is 7.93.